The van der Waals surface area contributed by atoms with Crippen LogP contribution in [0, 0.1) is 11.3 Å². The van der Waals surface area contributed by atoms with Crippen LogP contribution in [0.15, 0.2) is 42.7 Å². The van der Waals surface area contributed by atoms with Gasteiger partial charge in [0, 0.05) is 19.4 Å². The highest BCUT2D eigenvalue weighted by Gasteiger charge is 2.20. The average molecular weight is 254 g/mol. The van der Waals surface area contributed by atoms with Crippen molar-refractivity contribution < 1.29 is 4.79 Å². The SMILES string of the molecule is Cn1ccnc1C(NC(=O)CC#N)c1ccccc1. The summed E-state index contributed by atoms with van der Waals surface area (Å²) in [5.41, 5.74) is 0.933. The highest BCUT2D eigenvalue weighted by molar-refractivity contribution is 5.78. The van der Waals surface area contributed by atoms with E-state index >= 15 is 0 Å². The number of benzene rings is 1. The van der Waals surface area contributed by atoms with Gasteiger partial charge in [0.15, 0.2) is 0 Å². The molecule has 2 aromatic rings. The molecule has 1 aromatic heterocycles. The molecule has 96 valence electrons. The predicted octanol–water partition coefficient (Wildman–Crippen LogP) is 1.54. The molecule has 0 aliphatic heterocycles. The third-order valence-electron chi connectivity index (χ3n) is 2.79. The second-order valence-corrected chi connectivity index (χ2v) is 4.14. The Morgan fingerprint density at radius 1 is 1.47 bits per heavy atom. The molecular formula is C14H14N4O. The van der Waals surface area contributed by atoms with Crippen molar-refractivity contribution >= 4 is 5.91 Å². The van der Waals surface area contributed by atoms with Gasteiger partial charge < -0.3 is 9.88 Å². The molecule has 5 nitrogen and oxygen atoms in total. The number of aryl methyl sites for hydroxylation is 1. The quantitative estimate of drug-likeness (QED) is 0.899. The van der Waals surface area contributed by atoms with Gasteiger partial charge in [-0.1, -0.05) is 30.3 Å². The summed E-state index contributed by atoms with van der Waals surface area (Å²) in [7, 11) is 1.87. The third-order valence-corrected chi connectivity index (χ3v) is 2.79. The average Bonchev–Trinajstić information content (AvgIpc) is 2.83. The van der Waals surface area contributed by atoms with Crippen LogP contribution in [0.5, 0.6) is 0 Å². The number of rotatable bonds is 4. The summed E-state index contributed by atoms with van der Waals surface area (Å²) < 4.78 is 1.85. The largest absolute Gasteiger partial charge is 0.341 e. The number of hydrogen-bond donors (Lipinski definition) is 1. The zero-order valence-electron chi connectivity index (χ0n) is 10.6. The molecule has 0 radical (unpaired) electrons. The maximum atomic E-state index is 11.7. The topological polar surface area (TPSA) is 70.7 Å². The summed E-state index contributed by atoms with van der Waals surface area (Å²) in [6, 6.07) is 11.1. The van der Waals surface area contributed by atoms with Crippen LogP contribution in [0.1, 0.15) is 23.9 Å². The van der Waals surface area contributed by atoms with Crippen LogP contribution in [-0.4, -0.2) is 15.5 Å². The lowest BCUT2D eigenvalue weighted by molar-refractivity contribution is -0.120. The fourth-order valence-electron chi connectivity index (χ4n) is 1.88. The summed E-state index contributed by atoms with van der Waals surface area (Å²) in [4.78, 5) is 15.9. The van der Waals surface area contributed by atoms with Gasteiger partial charge in [0.25, 0.3) is 0 Å². The Bertz CT molecular complexity index is 597. The fraction of sp³-hybridized carbons (Fsp3) is 0.214. The van der Waals surface area contributed by atoms with E-state index in [0.717, 1.165) is 11.4 Å². The zero-order chi connectivity index (χ0) is 13.7. The molecule has 0 spiro atoms. The van der Waals surface area contributed by atoms with Crippen molar-refractivity contribution in [2.24, 2.45) is 7.05 Å². The van der Waals surface area contributed by atoms with E-state index in [2.05, 4.69) is 10.3 Å². The van der Waals surface area contributed by atoms with Gasteiger partial charge >= 0.3 is 0 Å². The lowest BCUT2D eigenvalue weighted by Gasteiger charge is -2.18. The number of imidazole rings is 1. The van der Waals surface area contributed by atoms with Crippen molar-refractivity contribution in [3.05, 3.63) is 54.1 Å². The summed E-state index contributed by atoms with van der Waals surface area (Å²) in [6.07, 6.45) is 3.34. The molecule has 1 aromatic carbocycles. The minimum Gasteiger partial charge on any atom is -0.341 e. The fourth-order valence-corrected chi connectivity index (χ4v) is 1.88. The van der Waals surface area contributed by atoms with E-state index in [0.29, 0.717) is 0 Å². The molecule has 1 N–H and O–H groups in total. The molecule has 2 rings (SSSR count). The molecule has 0 aliphatic rings. The minimum absolute atomic E-state index is 0.159. The first-order valence-electron chi connectivity index (χ1n) is 5.91. The van der Waals surface area contributed by atoms with Gasteiger partial charge in [0.2, 0.25) is 5.91 Å². The summed E-state index contributed by atoms with van der Waals surface area (Å²) >= 11 is 0. The maximum absolute atomic E-state index is 11.7. The third kappa shape index (κ3) is 2.99. The van der Waals surface area contributed by atoms with Crippen LogP contribution in [0.2, 0.25) is 0 Å². The predicted molar refractivity (Wildman–Crippen MR) is 69.9 cm³/mol. The summed E-state index contributed by atoms with van der Waals surface area (Å²) in [5.74, 6) is 0.428. The van der Waals surface area contributed by atoms with Gasteiger partial charge in [-0.15, -0.1) is 0 Å². The molecule has 0 bridgehead atoms. The highest BCUT2D eigenvalue weighted by Crippen LogP contribution is 2.20. The Labute approximate surface area is 111 Å². The van der Waals surface area contributed by atoms with Crippen LogP contribution >= 0.6 is 0 Å². The Morgan fingerprint density at radius 2 is 2.21 bits per heavy atom. The van der Waals surface area contributed by atoms with Gasteiger partial charge in [0.05, 0.1) is 6.07 Å². The number of amides is 1. The molecule has 1 atom stereocenters. The summed E-state index contributed by atoms with van der Waals surface area (Å²) in [6.45, 7) is 0. The van der Waals surface area contributed by atoms with Crippen LogP contribution in [0.25, 0.3) is 0 Å². The molecule has 0 fully saturated rings. The van der Waals surface area contributed by atoms with E-state index < -0.39 is 0 Å². The molecule has 0 saturated carbocycles. The van der Waals surface area contributed by atoms with E-state index in [1.54, 1.807) is 6.20 Å². The molecule has 1 amide bonds. The normalized spacial score (nSPS) is 11.6. The van der Waals surface area contributed by atoms with Gasteiger partial charge in [-0.3, -0.25) is 4.79 Å². The minimum atomic E-state index is -0.345. The first-order chi connectivity index (χ1) is 9.22. The monoisotopic (exact) mass is 254 g/mol. The Balaban J connectivity index is 2.32. The number of carbonyl (C=O) groups excluding carboxylic acids is 1. The standard InChI is InChI=1S/C14H14N4O/c1-18-10-9-16-14(18)13(17-12(19)7-8-15)11-5-3-2-4-6-11/h2-6,9-10,13H,7H2,1H3,(H,17,19). The van der Waals surface area contributed by atoms with Crippen molar-refractivity contribution in [1.29, 1.82) is 5.26 Å². The Morgan fingerprint density at radius 3 is 2.79 bits per heavy atom. The summed E-state index contributed by atoms with van der Waals surface area (Å²) in [5, 5.41) is 11.4. The lowest BCUT2D eigenvalue weighted by atomic mass is 10.1. The van der Waals surface area contributed by atoms with Crippen molar-refractivity contribution in [2.75, 3.05) is 0 Å². The van der Waals surface area contributed by atoms with Gasteiger partial charge in [0.1, 0.15) is 18.3 Å². The number of carbonyl (C=O) groups is 1. The van der Waals surface area contributed by atoms with Crippen molar-refractivity contribution in [2.45, 2.75) is 12.5 Å². The first-order valence-corrected chi connectivity index (χ1v) is 5.91. The van der Waals surface area contributed by atoms with Crippen molar-refractivity contribution in [3.63, 3.8) is 0 Å². The Kier molecular flexibility index (Phi) is 3.94. The maximum Gasteiger partial charge on any atom is 0.235 e. The van der Waals surface area contributed by atoms with E-state index in [4.69, 9.17) is 5.26 Å². The van der Waals surface area contributed by atoms with E-state index in [9.17, 15) is 4.79 Å². The second kappa shape index (κ2) is 5.83. The van der Waals surface area contributed by atoms with Crippen LogP contribution in [0.3, 0.4) is 0 Å². The number of nitrogens with zero attached hydrogens (tertiary/aromatic N) is 3. The zero-order valence-corrected chi connectivity index (χ0v) is 10.6. The van der Waals surface area contributed by atoms with E-state index in [1.165, 1.54) is 0 Å². The molecule has 5 heteroatoms. The van der Waals surface area contributed by atoms with E-state index in [1.807, 2.05) is 54.2 Å². The van der Waals surface area contributed by atoms with Crippen LogP contribution < -0.4 is 5.32 Å². The van der Waals surface area contributed by atoms with Gasteiger partial charge in [-0.2, -0.15) is 5.26 Å². The van der Waals surface area contributed by atoms with Crippen molar-refractivity contribution in [1.82, 2.24) is 14.9 Å². The van der Waals surface area contributed by atoms with Crippen LogP contribution in [-0.2, 0) is 11.8 Å². The van der Waals surface area contributed by atoms with Gasteiger partial charge in [-0.25, -0.2) is 4.98 Å². The first kappa shape index (κ1) is 12.8. The smallest absolute Gasteiger partial charge is 0.235 e. The van der Waals surface area contributed by atoms with Crippen LogP contribution in [0.4, 0.5) is 0 Å². The van der Waals surface area contributed by atoms with Gasteiger partial charge in [-0.05, 0) is 5.56 Å². The number of aromatic nitrogens is 2. The number of hydrogen-bond acceptors (Lipinski definition) is 3. The molecule has 1 heterocycles. The molecular weight excluding hydrogens is 240 g/mol. The molecule has 0 saturated heterocycles. The Hall–Kier alpha value is -2.61. The second-order valence-electron chi connectivity index (χ2n) is 4.14. The molecule has 0 aliphatic carbocycles. The highest BCUT2D eigenvalue weighted by atomic mass is 16.1. The molecule has 1 unspecified atom stereocenters. The van der Waals surface area contributed by atoms with E-state index in [-0.39, 0.29) is 18.4 Å². The molecule has 19 heavy (non-hydrogen) atoms. The number of nitrogens with one attached hydrogen (secondary N) is 1. The lowest BCUT2D eigenvalue weighted by Crippen LogP contribution is -2.30. The van der Waals surface area contributed by atoms with Crippen molar-refractivity contribution in [3.8, 4) is 6.07 Å². The number of nitriles is 1.